The van der Waals surface area contributed by atoms with Crippen LogP contribution in [-0.2, 0) is 18.6 Å². The highest BCUT2D eigenvalue weighted by Crippen LogP contribution is 2.35. The lowest BCUT2D eigenvalue weighted by Crippen LogP contribution is -2.08. The molecule has 0 aromatic carbocycles. The highest BCUT2D eigenvalue weighted by atomic mass is 32.2. The molecule has 0 saturated heterocycles. The van der Waals surface area contributed by atoms with Crippen molar-refractivity contribution in [3.8, 4) is 0 Å². The van der Waals surface area contributed by atoms with Crippen LogP contribution < -0.4 is 0 Å². The molecule has 0 rings (SSSR count). The number of ether oxygens (including phenoxy) is 1. The molecule has 6 nitrogen and oxygen atoms in total. The molecule has 0 aliphatic carbocycles. The van der Waals surface area contributed by atoms with Gasteiger partial charge in [0.15, 0.2) is 0 Å². The van der Waals surface area contributed by atoms with Crippen LogP contribution in [0, 0.1) is 0 Å². The molecule has 84 valence electrons. The van der Waals surface area contributed by atoms with Crippen LogP contribution in [-0.4, -0.2) is 40.5 Å². The van der Waals surface area contributed by atoms with E-state index in [2.05, 4.69) is 9.26 Å². The standard InChI is InChI=1S/C6H13O6PS/c1-2-11-6(7)5-14-4-3-12-13(8,9)10/h2-5H2,1H3,(H2,8,9,10). The molecule has 2 N–H and O–H groups in total. The molecule has 0 fully saturated rings. The van der Waals surface area contributed by atoms with Gasteiger partial charge in [-0.1, -0.05) is 0 Å². The van der Waals surface area contributed by atoms with Gasteiger partial charge in [-0.2, -0.15) is 0 Å². The van der Waals surface area contributed by atoms with Crippen molar-refractivity contribution in [1.82, 2.24) is 0 Å². The first-order valence-corrected chi connectivity index (χ1v) is 6.57. The normalized spacial score (nSPS) is 11.4. The number of carbonyl (C=O) groups excluding carboxylic acids is 1. The predicted octanol–water partition coefficient (Wildman–Crippen LogP) is 0.392. The number of phosphoric ester groups is 1. The van der Waals surface area contributed by atoms with Crippen molar-refractivity contribution in [3.05, 3.63) is 0 Å². The van der Waals surface area contributed by atoms with Gasteiger partial charge in [0.05, 0.1) is 19.0 Å². The van der Waals surface area contributed by atoms with Gasteiger partial charge in [0.25, 0.3) is 0 Å². The van der Waals surface area contributed by atoms with Crippen molar-refractivity contribution in [1.29, 1.82) is 0 Å². The number of hydrogen-bond acceptors (Lipinski definition) is 5. The Morgan fingerprint density at radius 3 is 2.64 bits per heavy atom. The van der Waals surface area contributed by atoms with Crippen LogP contribution in [0.2, 0.25) is 0 Å². The van der Waals surface area contributed by atoms with E-state index in [0.717, 1.165) is 0 Å². The fourth-order valence-corrected chi connectivity index (χ4v) is 1.62. The molecule has 0 aliphatic heterocycles. The van der Waals surface area contributed by atoms with Crippen molar-refractivity contribution in [2.24, 2.45) is 0 Å². The second-order valence-electron chi connectivity index (χ2n) is 2.18. The molecule has 8 heteroatoms. The number of esters is 1. The Morgan fingerprint density at radius 1 is 1.50 bits per heavy atom. The van der Waals surface area contributed by atoms with E-state index in [-0.39, 0.29) is 18.3 Å². The molecule has 0 amide bonds. The zero-order valence-corrected chi connectivity index (χ0v) is 9.42. The molecule has 0 spiro atoms. The molecular weight excluding hydrogens is 231 g/mol. The average molecular weight is 244 g/mol. The third-order valence-corrected chi connectivity index (χ3v) is 2.43. The van der Waals surface area contributed by atoms with Gasteiger partial charge in [-0.05, 0) is 6.92 Å². The Kier molecular flexibility index (Phi) is 7.22. The van der Waals surface area contributed by atoms with Crippen molar-refractivity contribution in [2.45, 2.75) is 6.92 Å². The zero-order chi connectivity index (χ0) is 11.0. The minimum absolute atomic E-state index is 0.0889. The van der Waals surface area contributed by atoms with Gasteiger partial charge in [-0.25, -0.2) is 4.57 Å². The third kappa shape index (κ3) is 10.0. The summed E-state index contributed by atoms with van der Waals surface area (Å²) in [4.78, 5) is 27.4. The van der Waals surface area contributed by atoms with Crippen LogP contribution in [0.4, 0.5) is 0 Å². The average Bonchev–Trinajstić information content (AvgIpc) is 2.02. The predicted molar refractivity (Wildman–Crippen MR) is 52.0 cm³/mol. The molecule has 0 unspecified atom stereocenters. The van der Waals surface area contributed by atoms with Gasteiger partial charge in [-0.15, -0.1) is 11.8 Å². The molecule has 0 aromatic heterocycles. The number of hydrogen-bond donors (Lipinski definition) is 2. The summed E-state index contributed by atoms with van der Waals surface area (Å²) in [6.07, 6.45) is 0. The maximum Gasteiger partial charge on any atom is 0.469 e. The fourth-order valence-electron chi connectivity index (χ4n) is 0.573. The monoisotopic (exact) mass is 244 g/mol. The Bertz CT molecular complexity index is 214. The van der Waals surface area contributed by atoms with Gasteiger partial charge in [0.1, 0.15) is 0 Å². The van der Waals surface area contributed by atoms with Crippen LogP contribution >= 0.6 is 19.6 Å². The van der Waals surface area contributed by atoms with E-state index < -0.39 is 7.82 Å². The second kappa shape index (κ2) is 7.25. The summed E-state index contributed by atoms with van der Waals surface area (Å²) >= 11 is 1.20. The highest BCUT2D eigenvalue weighted by molar-refractivity contribution is 7.99. The summed E-state index contributed by atoms with van der Waals surface area (Å²) in [5.74, 6) is 0.163. The van der Waals surface area contributed by atoms with E-state index >= 15 is 0 Å². The van der Waals surface area contributed by atoms with Crippen molar-refractivity contribution >= 4 is 25.6 Å². The molecule has 0 atom stereocenters. The molecule has 0 aliphatic rings. The van der Waals surface area contributed by atoms with E-state index in [4.69, 9.17) is 9.79 Å². The Labute approximate surface area is 86.2 Å². The summed E-state index contributed by atoms with van der Waals surface area (Å²) in [5.41, 5.74) is 0. The molecule has 0 radical (unpaired) electrons. The molecular formula is C6H13O6PS. The maximum absolute atomic E-state index is 10.8. The summed E-state index contributed by atoms with van der Waals surface area (Å²) < 4.78 is 19.0. The molecule has 0 bridgehead atoms. The molecule has 14 heavy (non-hydrogen) atoms. The van der Waals surface area contributed by atoms with Crippen molar-refractivity contribution < 1.29 is 28.4 Å². The van der Waals surface area contributed by atoms with Gasteiger partial charge < -0.3 is 14.5 Å². The molecule has 0 heterocycles. The minimum atomic E-state index is -4.37. The number of phosphoric acid groups is 1. The minimum Gasteiger partial charge on any atom is -0.465 e. The SMILES string of the molecule is CCOC(=O)CSCCOP(=O)(O)O. The zero-order valence-electron chi connectivity index (χ0n) is 7.71. The lowest BCUT2D eigenvalue weighted by molar-refractivity contribution is -0.139. The van der Waals surface area contributed by atoms with Crippen LogP contribution in [0.15, 0.2) is 0 Å². The van der Waals surface area contributed by atoms with E-state index in [1.54, 1.807) is 6.92 Å². The second-order valence-corrected chi connectivity index (χ2v) is 4.53. The van der Waals surface area contributed by atoms with E-state index in [1.807, 2.05) is 0 Å². The lowest BCUT2D eigenvalue weighted by Gasteiger charge is -2.04. The summed E-state index contributed by atoms with van der Waals surface area (Å²) in [6.45, 7) is 1.95. The first kappa shape index (κ1) is 13.9. The Hall–Kier alpha value is -0.0700. The van der Waals surface area contributed by atoms with Gasteiger partial charge in [0, 0.05) is 5.75 Å². The Balaban J connectivity index is 3.30. The van der Waals surface area contributed by atoms with Gasteiger partial charge in [0.2, 0.25) is 0 Å². The van der Waals surface area contributed by atoms with Crippen molar-refractivity contribution in [3.63, 3.8) is 0 Å². The van der Waals surface area contributed by atoms with Crippen LogP contribution in [0.1, 0.15) is 6.92 Å². The summed E-state index contributed by atoms with van der Waals surface area (Å²) in [5, 5.41) is 0. The number of rotatable bonds is 7. The topological polar surface area (TPSA) is 93.1 Å². The van der Waals surface area contributed by atoms with Crippen LogP contribution in [0.25, 0.3) is 0 Å². The maximum atomic E-state index is 10.8. The largest absolute Gasteiger partial charge is 0.469 e. The Morgan fingerprint density at radius 2 is 2.14 bits per heavy atom. The van der Waals surface area contributed by atoms with Crippen molar-refractivity contribution in [2.75, 3.05) is 24.7 Å². The van der Waals surface area contributed by atoms with E-state index in [1.165, 1.54) is 11.8 Å². The smallest absolute Gasteiger partial charge is 0.465 e. The van der Waals surface area contributed by atoms with Gasteiger partial charge >= 0.3 is 13.8 Å². The van der Waals surface area contributed by atoms with E-state index in [9.17, 15) is 9.36 Å². The summed E-state index contributed by atoms with van der Waals surface area (Å²) in [7, 11) is -4.37. The first-order valence-electron chi connectivity index (χ1n) is 3.89. The van der Waals surface area contributed by atoms with Gasteiger partial charge in [-0.3, -0.25) is 9.32 Å². The molecule has 0 saturated carbocycles. The summed E-state index contributed by atoms with van der Waals surface area (Å²) in [6, 6.07) is 0. The lowest BCUT2D eigenvalue weighted by atomic mass is 10.8. The molecule has 0 aromatic rings. The number of thioether (sulfide) groups is 1. The van der Waals surface area contributed by atoms with E-state index in [0.29, 0.717) is 12.4 Å². The third-order valence-electron chi connectivity index (χ3n) is 1.01. The fraction of sp³-hybridized carbons (Fsp3) is 0.833. The highest BCUT2D eigenvalue weighted by Gasteiger charge is 2.12. The quantitative estimate of drug-likeness (QED) is 0.380. The first-order chi connectivity index (χ1) is 6.45. The van der Waals surface area contributed by atoms with Crippen LogP contribution in [0.3, 0.4) is 0 Å². The van der Waals surface area contributed by atoms with Crippen LogP contribution in [0.5, 0.6) is 0 Å². The number of carbonyl (C=O) groups is 1.